The summed E-state index contributed by atoms with van der Waals surface area (Å²) in [5.41, 5.74) is 0. The van der Waals surface area contributed by atoms with E-state index in [0.717, 1.165) is 5.92 Å². The van der Waals surface area contributed by atoms with Crippen molar-refractivity contribution in [3.05, 3.63) is 12.2 Å². The van der Waals surface area contributed by atoms with E-state index in [0.29, 0.717) is 5.92 Å². The van der Waals surface area contributed by atoms with Gasteiger partial charge in [-0.3, -0.25) is 0 Å². The highest BCUT2D eigenvalue weighted by Crippen LogP contribution is 2.46. The molecule has 0 unspecified atom stereocenters. The second kappa shape index (κ2) is 1.35. The number of hydrogen-bond acceptors (Lipinski definition) is 1. The van der Waals surface area contributed by atoms with Crippen LogP contribution in [0.3, 0.4) is 0 Å². The van der Waals surface area contributed by atoms with Gasteiger partial charge in [0.05, 0.1) is 6.10 Å². The minimum atomic E-state index is -0.103. The van der Waals surface area contributed by atoms with Crippen LogP contribution >= 0.6 is 0 Å². The van der Waals surface area contributed by atoms with E-state index in [1.807, 2.05) is 6.08 Å². The molecule has 0 aromatic rings. The molecule has 0 heterocycles. The van der Waals surface area contributed by atoms with E-state index in [-0.39, 0.29) is 6.10 Å². The summed E-state index contributed by atoms with van der Waals surface area (Å²) in [6.45, 7) is 0. The van der Waals surface area contributed by atoms with Crippen molar-refractivity contribution < 1.29 is 5.11 Å². The first kappa shape index (κ1) is 4.57. The van der Waals surface area contributed by atoms with Gasteiger partial charge in [0, 0.05) is 0 Å². The van der Waals surface area contributed by atoms with Crippen molar-refractivity contribution in [3.8, 4) is 0 Å². The summed E-state index contributed by atoms with van der Waals surface area (Å²) >= 11 is 0. The lowest BCUT2D eigenvalue weighted by Crippen LogP contribution is -2.09. The molecule has 1 heteroatoms. The number of allylic oxidation sites excluding steroid dienone is 1. The first-order chi connectivity index (χ1) is 3.88. The van der Waals surface area contributed by atoms with E-state index in [1.165, 1.54) is 12.8 Å². The van der Waals surface area contributed by atoms with Crippen LogP contribution in [0.4, 0.5) is 0 Å². The quantitative estimate of drug-likeness (QED) is 0.460. The van der Waals surface area contributed by atoms with Crippen LogP contribution < -0.4 is 0 Å². The third-order valence-electron chi connectivity index (χ3n) is 2.19. The normalized spacial score (nSPS) is 50.9. The second-order valence-electron chi connectivity index (χ2n) is 2.81. The molecule has 0 saturated heterocycles. The lowest BCUT2D eigenvalue weighted by Gasteiger charge is -2.07. The van der Waals surface area contributed by atoms with E-state index in [1.54, 1.807) is 0 Å². The second-order valence-corrected chi connectivity index (χ2v) is 2.81. The lowest BCUT2D eigenvalue weighted by atomic mass is 10.1. The van der Waals surface area contributed by atoms with Crippen LogP contribution in [-0.2, 0) is 0 Å². The fraction of sp³-hybridized carbons (Fsp3) is 0.714. The molecule has 0 aliphatic heterocycles. The summed E-state index contributed by atoms with van der Waals surface area (Å²) in [5.74, 6) is 1.48. The highest BCUT2D eigenvalue weighted by molar-refractivity contribution is 5.08. The molecular formula is C7H10O. The minimum absolute atomic E-state index is 0.103. The van der Waals surface area contributed by atoms with Gasteiger partial charge in [-0.05, 0) is 24.7 Å². The van der Waals surface area contributed by atoms with Crippen molar-refractivity contribution in [2.45, 2.75) is 18.9 Å². The van der Waals surface area contributed by atoms with Gasteiger partial charge in [-0.2, -0.15) is 0 Å². The number of aliphatic hydroxyl groups is 1. The third-order valence-corrected chi connectivity index (χ3v) is 2.19. The van der Waals surface area contributed by atoms with Crippen LogP contribution in [0.2, 0.25) is 0 Å². The fourth-order valence-electron chi connectivity index (χ4n) is 1.50. The average Bonchev–Trinajstić information content (AvgIpc) is 2.45. The number of fused-ring (bicyclic) bond motifs is 1. The SMILES string of the molecule is O[C@H]1C=CC[C@@H]2C[C@@H]21. The molecule has 0 bridgehead atoms. The topological polar surface area (TPSA) is 20.2 Å². The molecule has 2 aliphatic rings. The summed E-state index contributed by atoms with van der Waals surface area (Å²) in [4.78, 5) is 0. The van der Waals surface area contributed by atoms with Gasteiger partial charge in [-0.25, -0.2) is 0 Å². The smallest absolute Gasteiger partial charge is 0.0751 e. The molecule has 1 saturated carbocycles. The van der Waals surface area contributed by atoms with Crippen LogP contribution in [0.25, 0.3) is 0 Å². The Labute approximate surface area is 49.0 Å². The summed E-state index contributed by atoms with van der Waals surface area (Å²) in [6, 6.07) is 0. The van der Waals surface area contributed by atoms with Crippen molar-refractivity contribution in [1.29, 1.82) is 0 Å². The maximum Gasteiger partial charge on any atom is 0.0751 e. The van der Waals surface area contributed by atoms with Gasteiger partial charge in [0.25, 0.3) is 0 Å². The number of aliphatic hydroxyl groups excluding tert-OH is 1. The maximum absolute atomic E-state index is 9.13. The van der Waals surface area contributed by atoms with Crippen molar-refractivity contribution in [2.24, 2.45) is 11.8 Å². The Kier molecular flexibility index (Phi) is 0.770. The predicted molar refractivity (Wildman–Crippen MR) is 31.4 cm³/mol. The molecule has 1 nitrogen and oxygen atoms in total. The van der Waals surface area contributed by atoms with Gasteiger partial charge in [0.1, 0.15) is 0 Å². The molecule has 0 aromatic heterocycles. The zero-order valence-corrected chi connectivity index (χ0v) is 4.75. The molecule has 0 radical (unpaired) electrons. The Morgan fingerprint density at radius 3 is 3.00 bits per heavy atom. The van der Waals surface area contributed by atoms with Crippen LogP contribution in [0.15, 0.2) is 12.2 Å². The zero-order valence-electron chi connectivity index (χ0n) is 4.75. The van der Waals surface area contributed by atoms with Gasteiger partial charge in [0.15, 0.2) is 0 Å². The van der Waals surface area contributed by atoms with Gasteiger partial charge in [0.2, 0.25) is 0 Å². The molecule has 2 rings (SSSR count). The predicted octanol–water partition coefficient (Wildman–Crippen LogP) is 0.943. The fourth-order valence-corrected chi connectivity index (χ4v) is 1.50. The molecule has 1 N–H and O–H groups in total. The minimum Gasteiger partial charge on any atom is -0.389 e. The van der Waals surface area contributed by atoms with Crippen molar-refractivity contribution in [1.82, 2.24) is 0 Å². The lowest BCUT2D eigenvalue weighted by molar-refractivity contribution is 0.188. The Morgan fingerprint density at radius 1 is 1.50 bits per heavy atom. The molecule has 2 aliphatic carbocycles. The molecule has 3 atom stereocenters. The Hall–Kier alpha value is -0.300. The van der Waals surface area contributed by atoms with Crippen molar-refractivity contribution in [3.63, 3.8) is 0 Å². The van der Waals surface area contributed by atoms with Crippen molar-refractivity contribution in [2.75, 3.05) is 0 Å². The molecule has 0 spiro atoms. The van der Waals surface area contributed by atoms with E-state index in [2.05, 4.69) is 6.08 Å². The van der Waals surface area contributed by atoms with E-state index in [9.17, 15) is 0 Å². The van der Waals surface area contributed by atoms with Crippen molar-refractivity contribution >= 4 is 0 Å². The highest BCUT2D eigenvalue weighted by Gasteiger charge is 2.42. The van der Waals surface area contributed by atoms with E-state index in [4.69, 9.17) is 5.11 Å². The summed E-state index contributed by atoms with van der Waals surface area (Å²) in [5, 5.41) is 9.13. The Morgan fingerprint density at radius 2 is 2.38 bits per heavy atom. The molecule has 0 aromatic carbocycles. The van der Waals surface area contributed by atoms with E-state index >= 15 is 0 Å². The van der Waals surface area contributed by atoms with Gasteiger partial charge in [-0.15, -0.1) is 0 Å². The van der Waals surface area contributed by atoms with E-state index < -0.39 is 0 Å². The Balaban J connectivity index is 2.13. The summed E-state index contributed by atoms with van der Waals surface area (Å²) < 4.78 is 0. The molecule has 8 heavy (non-hydrogen) atoms. The Bertz CT molecular complexity index is 128. The third kappa shape index (κ3) is 0.511. The summed E-state index contributed by atoms with van der Waals surface area (Å²) in [6.07, 6.45) is 6.39. The van der Waals surface area contributed by atoms with Gasteiger partial charge < -0.3 is 5.11 Å². The number of rotatable bonds is 0. The number of hydrogen-bond donors (Lipinski definition) is 1. The molecule has 44 valence electrons. The maximum atomic E-state index is 9.13. The molecule has 0 amide bonds. The van der Waals surface area contributed by atoms with Crippen LogP contribution in [0.5, 0.6) is 0 Å². The summed E-state index contributed by atoms with van der Waals surface area (Å²) in [7, 11) is 0. The van der Waals surface area contributed by atoms with Crippen LogP contribution in [0.1, 0.15) is 12.8 Å². The zero-order chi connectivity index (χ0) is 5.56. The first-order valence-corrected chi connectivity index (χ1v) is 3.22. The van der Waals surface area contributed by atoms with Gasteiger partial charge in [-0.1, -0.05) is 12.2 Å². The van der Waals surface area contributed by atoms with Crippen LogP contribution in [0, 0.1) is 11.8 Å². The van der Waals surface area contributed by atoms with Gasteiger partial charge >= 0.3 is 0 Å². The standard InChI is InChI=1S/C7H10O/c8-7-3-1-2-5-4-6(5)7/h1,3,5-8H,2,4H2/t5-,6+,7+/m1/s1. The first-order valence-electron chi connectivity index (χ1n) is 3.22. The largest absolute Gasteiger partial charge is 0.389 e. The monoisotopic (exact) mass is 110 g/mol. The highest BCUT2D eigenvalue weighted by atomic mass is 16.3. The van der Waals surface area contributed by atoms with Crippen LogP contribution in [-0.4, -0.2) is 11.2 Å². The average molecular weight is 110 g/mol. The molecule has 1 fully saturated rings. The molecular weight excluding hydrogens is 100 g/mol.